The predicted molar refractivity (Wildman–Crippen MR) is 79.6 cm³/mol. The van der Waals surface area contributed by atoms with Crippen molar-refractivity contribution < 1.29 is 41.1 Å². The second-order valence-electron chi connectivity index (χ2n) is 5.07. The van der Waals surface area contributed by atoms with Crippen LogP contribution in [0.4, 0.5) is 26.3 Å². The van der Waals surface area contributed by atoms with Crippen molar-refractivity contribution in [3.63, 3.8) is 0 Å². The highest BCUT2D eigenvalue weighted by atomic mass is 32.2. The molecule has 1 saturated heterocycles. The molecule has 0 radical (unpaired) electrons. The van der Waals surface area contributed by atoms with Crippen molar-refractivity contribution in [1.29, 1.82) is 0 Å². The average Bonchev–Trinajstić information content (AvgIpc) is 2.41. The van der Waals surface area contributed by atoms with Gasteiger partial charge >= 0.3 is 11.0 Å². The summed E-state index contributed by atoms with van der Waals surface area (Å²) in [6.45, 7) is 0.0787. The van der Waals surface area contributed by atoms with E-state index in [4.69, 9.17) is 5.21 Å². The first kappa shape index (κ1) is 20.7. The lowest BCUT2D eigenvalue weighted by Gasteiger charge is -2.39. The second-order valence-corrected chi connectivity index (χ2v) is 7.34. The van der Waals surface area contributed by atoms with Gasteiger partial charge in [0, 0.05) is 21.9 Å². The Labute approximate surface area is 151 Å². The van der Waals surface area contributed by atoms with Gasteiger partial charge in [0.25, 0.3) is 11.8 Å². The maximum atomic E-state index is 12.6. The van der Waals surface area contributed by atoms with Crippen LogP contribution in [0.15, 0.2) is 28.0 Å². The Morgan fingerprint density at radius 1 is 1.04 bits per heavy atom. The third-order valence-corrected chi connectivity index (χ3v) is 4.69. The quantitative estimate of drug-likeness (QED) is 0.337. The zero-order valence-electron chi connectivity index (χ0n) is 12.5. The summed E-state index contributed by atoms with van der Waals surface area (Å²) in [7, 11) is 0. The van der Waals surface area contributed by atoms with Crippen molar-refractivity contribution in [3.05, 3.63) is 23.8 Å². The van der Waals surface area contributed by atoms with Crippen molar-refractivity contribution in [2.24, 2.45) is 0 Å². The van der Waals surface area contributed by atoms with E-state index in [-0.39, 0.29) is 13.0 Å². The summed E-state index contributed by atoms with van der Waals surface area (Å²) in [6, 6.07) is 1.27. The lowest BCUT2D eigenvalue weighted by atomic mass is 10.0. The van der Waals surface area contributed by atoms with Gasteiger partial charge < -0.3 is 4.90 Å². The molecule has 1 atom stereocenters. The monoisotopic (exact) mass is 420 g/mol. The summed E-state index contributed by atoms with van der Waals surface area (Å²) in [5.74, 6) is -1.80. The van der Waals surface area contributed by atoms with Crippen LogP contribution in [0, 0.1) is 0 Å². The molecule has 1 heterocycles. The van der Waals surface area contributed by atoms with E-state index in [1.165, 1.54) is 5.48 Å². The molecule has 13 heteroatoms. The molecule has 0 aliphatic carbocycles. The summed E-state index contributed by atoms with van der Waals surface area (Å²) in [4.78, 5) is 23.5. The Morgan fingerprint density at radius 3 is 1.88 bits per heavy atom. The number of carbonyl (C=O) groups excluding carboxylic acids is 2. The average molecular weight is 420 g/mol. The number of likely N-dealkylation sites (tertiary alicyclic amines) is 1. The first-order chi connectivity index (χ1) is 11.9. The number of thioether (sulfide) groups is 2. The van der Waals surface area contributed by atoms with Gasteiger partial charge in [0.15, 0.2) is 0 Å². The van der Waals surface area contributed by atoms with Crippen molar-refractivity contribution in [2.75, 3.05) is 6.54 Å². The number of hydroxylamine groups is 1. The largest absolute Gasteiger partial charge is 0.446 e. The zero-order chi connectivity index (χ0) is 19.7. The molecule has 0 unspecified atom stereocenters. The molecule has 1 aliphatic rings. The Balaban J connectivity index is 2.33. The number of hydrogen-bond donors (Lipinski definition) is 2. The van der Waals surface area contributed by atoms with Gasteiger partial charge in [0.1, 0.15) is 6.04 Å². The zero-order valence-corrected chi connectivity index (χ0v) is 14.2. The van der Waals surface area contributed by atoms with Crippen LogP contribution in [0.1, 0.15) is 16.8 Å². The highest BCUT2D eigenvalue weighted by Crippen LogP contribution is 2.42. The van der Waals surface area contributed by atoms with E-state index in [0.717, 1.165) is 17.0 Å². The lowest BCUT2D eigenvalue weighted by Crippen LogP contribution is -2.57. The van der Waals surface area contributed by atoms with Gasteiger partial charge in [-0.15, -0.1) is 0 Å². The molecule has 1 aliphatic heterocycles. The molecule has 2 rings (SSSR count). The lowest BCUT2D eigenvalue weighted by molar-refractivity contribution is -0.137. The van der Waals surface area contributed by atoms with Gasteiger partial charge in [-0.25, -0.2) is 5.48 Å². The van der Waals surface area contributed by atoms with Gasteiger partial charge in [0.05, 0.1) is 0 Å². The number of nitrogens with zero attached hydrogens (tertiary/aromatic N) is 1. The number of carbonyl (C=O) groups is 2. The van der Waals surface area contributed by atoms with E-state index in [0.29, 0.717) is 6.07 Å². The first-order valence-electron chi connectivity index (χ1n) is 6.81. The van der Waals surface area contributed by atoms with Gasteiger partial charge in [-0.05, 0) is 48.1 Å². The minimum absolute atomic E-state index is 0.0787. The van der Waals surface area contributed by atoms with E-state index in [1.807, 2.05) is 0 Å². The fourth-order valence-corrected chi connectivity index (χ4v) is 3.58. The van der Waals surface area contributed by atoms with Crippen LogP contribution >= 0.6 is 23.5 Å². The number of hydrogen-bond acceptors (Lipinski definition) is 5. The minimum atomic E-state index is -4.75. The summed E-state index contributed by atoms with van der Waals surface area (Å²) >= 11 is -1.30. The predicted octanol–water partition coefficient (Wildman–Crippen LogP) is 3.63. The van der Waals surface area contributed by atoms with Crippen LogP contribution in [-0.4, -0.2) is 45.5 Å². The smallest absolute Gasteiger partial charge is 0.326 e. The van der Waals surface area contributed by atoms with Crippen LogP contribution in [0.25, 0.3) is 0 Å². The number of alkyl halides is 6. The molecule has 144 valence electrons. The number of amides is 2. The van der Waals surface area contributed by atoms with Gasteiger partial charge in [-0.2, -0.15) is 26.3 Å². The van der Waals surface area contributed by atoms with Crippen LogP contribution in [0.2, 0.25) is 0 Å². The molecule has 1 aromatic rings. The molecular formula is C13H10F6N2O3S2. The maximum absolute atomic E-state index is 12.6. The standard InChI is InChI=1S/C13H10F6N2O3S2/c14-12(15,16)25-7-3-6(4-8(5-7)26-13(17,18)19)11(23)21-2-1-9(21)10(22)20-24/h3-5,9,24H,1-2H2,(H,20,22)/t9-/m1/s1. The van der Waals surface area contributed by atoms with Crippen LogP contribution in [-0.2, 0) is 4.79 Å². The second kappa shape index (κ2) is 7.56. The Kier molecular flexibility index (Phi) is 6.02. The third kappa shape index (κ3) is 5.45. The summed E-state index contributed by atoms with van der Waals surface area (Å²) in [5, 5.41) is 8.59. The summed E-state index contributed by atoms with van der Waals surface area (Å²) < 4.78 is 75.3. The van der Waals surface area contributed by atoms with Crippen LogP contribution in [0.5, 0.6) is 0 Å². The van der Waals surface area contributed by atoms with Crippen LogP contribution < -0.4 is 5.48 Å². The van der Waals surface area contributed by atoms with Crippen molar-refractivity contribution in [3.8, 4) is 0 Å². The number of rotatable bonds is 4. The Bertz CT molecular complexity index is 676. The van der Waals surface area contributed by atoms with E-state index >= 15 is 0 Å². The molecule has 0 bridgehead atoms. The van der Waals surface area contributed by atoms with Crippen molar-refractivity contribution in [2.45, 2.75) is 33.3 Å². The third-order valence-electron chi connectivity index (χ3n) is 3.29. The highest BCUT2D eigenvalue weighted by Gasteiger charge is 2.39. The molecule has 1 fully saturated rings. The number of benzene rings is 1. The molecular weight excluding hydrogens is 410 g/mol. The molecule has 5 nitrogen and oxygen atoms in total. The fraction of sp³-hybridized carbons (Fsp3) is 0.385. The molecule has 1 aromatic carbocycles. The minimum Gasteiger partial charge on any atom is -0.326 e. The fourth-order valence-electron chi connectivity index (χ4n) is 2.22. The maximum Gasteiger partial charge on any atom is 0.446 e. The van der Waals surface area contributed by atoms with E-state index < -0.39 is 67.8 Å². The topological polar surface area (TPSA) is 69.6 Å². The molecule has 0 aromatic heterocycles. The first-order valence-corrected chi connectivity index (χ1v) is 8.44. The summed E-state index contributed by atoms with van der Waals surface area (Å²) in [5.41, 5.74) is -8.57. The van der Waals surface area contributed by atoms with E-state index in [2.05, 4.69) is 0 Å². The van der Waals surface area contributed by atoms with Crippen molar-refractivity contribution >= 4 is 35.3 Å². The van der Waals surface area contributed by atoms with Crippen LogP contribution in [0.3, 0.4) is 0 Å². The Hall–Kier alpha value is -1.60. The molecule has 0 saturated carbocycles. The Morgan fingerprint density at radius 2 is 1.54 bits per heavy atom. The normalized spacial score (nSPS) is 17.7. The van der Waals surface area contributed by atoms with Crippen molar-refractivity contribution in [1.82, 2.24) is 10.4 Å². The SMILES string of the molecule is O=C(NO)[C@H]1CCN1C(=O)c1cc(SC(F)(F)F)cc(SC(F)(F)F)c1. The molecule has 0 spiro atoms. The number of nitrogens with one attached hydrogen (secondary N) is 1. The van der Waals surface area contributed by atoms with E-state index in [9.17, 15) is 35.9 Å². The number of halogens is 6. The molecule has 2 amide bonds. The van der Waals surface area contributed by atoms with E-state index in [1.54, 1.807) is 0 Å². The highest BCUT2D eigenvalue weighted by molar-refractivity contribution is 8.01. The molecule has 26 heavy (non-hydrogen) atoms. The summed E-state index contributed by atoms with van der Waals surface area (Å²) in [6.07, 6.45) is 0.208. The van der Waals surface area contributed by atoms with Gasteiger partial charge in [-0.1, -0.05) is 0 Å². The van der Waals surface area contributed by atoms with Gasteiger partial charge in [0.2, 0.25) is 0 Å². The van der Waals surface area contributed by atoms with Gasteiger partial charge in [-0.3, -0.25) is 14.8 Å². The molecule has 2 N–H and O–H groups in total.